The predicted molar refractivity (Wildman–Crippen MR) is 134 cm³/mol. The van der Waals surface area contributed by atoms with E-state index in [-0.39, 0.29) is 24.0 Å². The van der Waals surface area contributed by atoms with Gasteiger partial charge in [0, 0.05) is 51.0 Å². The second kappa shape index (κ2) is 12.6. The van der Waals surface area contributed by atoms with Crippen LogP contribution in [0.5, 0.6) is 5.75 Å². The van der Waals surface area contributed by atoms with E-state index in [0.717, 1.165) is 55.8 Å². The molecule has 0 unspecified atom stereocenters. The monoisotopic (exact) mass is 524 g/mol. The van der Waals surface area contributed by atoms with Crippen LogP contribution in [0.15, 0.2) is 47.6 Å². The van der Waals surface area contributed by atoms with Crippen molar-refractivity contribution in [2.24, 2.45) is 4.99 Å². The molecular formula is C22H33IN6O. The van der Waals surface area contributed by atoms with Crippen molar-refractivity contribution >= 4 is 35.8 Å². The van der Waals surface area contributed by atoms with Gasteiger partial charge >= 0.3 is 0 Å². The minimum absolute atomic E-state index is 0. The lowest BCUT2D eigenvalue weighted by Crippen LogP contribution is -2.45. The van der Waals surface area contributed by atoms with E-state index < -0.39 is 0 Å². The molecule has 1 fully saturated rings. The molecule has 1 aliphatic heterocycles. The van der Waals surface area contributed by atoms with Gasteiger partial charge in [-0.15, -0.1) is 24.0 Å². The number of ether oxygens (including phenoxy) is 1. The Hall–Kier alpha value is -2.07. The van der Waals surface area contributed by atoms with Gasteiger partial charge in [-0.2, -0.15) is 0 Å². The number of likely N-dealkylation sites (N-methyl/N-ethyl adjacent to an activating group) is 1. The summed E-state index contributed by atoms with van der Waals surface area (Å²) in [5, 5.41) is 6.78. The number of pyridine rings is 1. The van der Waals surface area contributed by atoms with Crippen LogP contribution in [0.25, 0.3) is 0 Å². The summed E-state index contributed by atoms with van der Waals surface area (Å²) in [6.45, 7) is 8.32. The Morgan fingerprint density at radius 1 is 1.10 bits per heavy atom. The standard InChI is InChI=1S/C22H32N6O.HI/c1-4-23-22(25-16-18-7-9-20(29-3)10-8-18)26-17-19-6-5-11-24-21(19)28-14-12-27(2)13-15-28;/h5-11H,4,12-17H2,1-3H3,(H2,23,25,26);1H. The summed E-state index contributed by atoms with van der Waals surface area (Å²) in [6, 6.07) is 12.1. The first-order valence-corrected chi connectivity index (χ1v) is 10.2. The van der Waals surface area contributed by atoms with Crippen molar-refractivity contribution in [3.05, 3.63) is 53.7 Å². The second-order valence-electron chi connectivity index (χ2n) is 7.17. The summed E-state index contributed by atoms with van der Waals surface area (Å²) in [5.41, 5.74) is 2.33. The smallest absolute Gasteiger partial charge is 0.191 e. The molecule has 1 aromatic carbocycles. The Labute approximate surface area is 196 Å². The van der Waals surface area contributed by atoms with Crippen LogP contribution in [0.4, 0.5) is 5.82 Å². The molecule has 2 heterocycles. The van der Waals surface area contributed by atoms with E-state index in [9.17, 15) is 0 Å². The zero-order valence-electron chi connectivity index (χ0n) is 18.1. The van der Waals surface area contributed by atoms with Crippen LogP contribution in [-0.2, 0) is 13.1 Å². The quantitative estimate of drug-likeness (QED) is 0.330. The van der Waals surface area contributed by atoms with Gasteiger partial charge < -0.3 is 25.2 Å². The van der Waals surface area contributed by atoms with Gasteiger partial charge in [0.15, 0.2) is 5.96 Å². The lowest BCUT2D eigenvalue weighted by molar-refractivity contribution is 0.312. The summed E-state index contributed by atoms with van der Waals surface area (Å²) in [6.07, 6.45) is 1.88. The molecule has 8 heteroatoms. The highest BCUT2D eigenvalue weighted by molar-refractivity contribution is 14.0. The van der Waals surface area contributed by atoms with Crippen molar-refractivity contribution in [1.29, 1.82) is 0 Å². The summed E-state index contributed by atoms with van der Waals surface area (Å²) in [5.74, 6) is 2.73. The average molecular weight is 524 g/mol. The van der Waals surface area contributed by atoms with Gasteiger partial charge in [0.25, 0.3) is 0 Å². The van der Waals surface area contributed by atoms with Crippen LogP contribution in [0, 0.1) is 0 Å². The lowest BCUT2D eigenvalue weighted by Gasteiger charge is -2.34. The highest BCUT2D eigenvalue weighted by Crippen LogP contribution is 2.18. The first kappa shape index (κ1) is 24.2. The molecule has 164 valence electrons. The number of benzene rings is 1. The number of aromatic nitrogens is 1. The van der Waals surface area contributed by atoms with Crippen LogP contribution in [0.3, 0.4) is 0 Å². The maximum Gasteiger partial charge on any atom is 0.191 e. The Morgan fingerprint density at radius 2 is 1.83 bits per heavy atom. The number of hydrogen-bond donors (Lipinski definition) is 2. The molecule has 0 amide bonds. The van der Waals surface area contributed by atoms with E-state index >= 15 is 0 Å². The van der Waals surface area contributed by atoms with E-state index in [4.69, 9.17) is 9.73 Å². The normalized spacial score (nSPS) is 14.8. The third-order valence-corrected chi connectivity index (χ3v) is 5.04. The number of aliphatic imine (C=N–C) groups is 1. The Bertz CT molecular complexity index is 790. The SMILES string of the molecule is CCNC(=NCc1ccc(OC)cc1)NCc1cccnc1N1CCN(C)CC1.I. The molecule has 0 spiro atoms. The first-order valence-electron chi connectivity index (χ1n) is 10.2. The molecule has 30 heavy (non-hydrogen) atoms. The fourth-order valence-corrected chi connectivity index (χ4v) is 3.29. The van der Waals surface area contributed by atoms with Crippen LogP contribution < -0.4 is 20.3 Å². The molecular weight excluding hydrogens is 491 g/mol. The van der Waals surface area contributed by atoms with Crippen LogP contribution in [-0.4, -0.2) is 62.7 Å². The van der Waals surface area contributed by atoms with Crippen LogP contribution in [0.2, 0.25) is 0 Å². The number of methoxy groups -OCH3 is 1. The zero-order chi connectivity index (χ0) is 20.5. The molecule has 3 rings (SSSR count). The van der Waals surface area contributed by atoms with E-state index in [1.165, 1.54) is 5.56 Å². The molecule has 0 bridgehead atoms. The predicted octanol–water partition coefficient (Wildman–Crippen LogP) is 2.72. The van der Waals surface area contributed by atoms with Crippen molar-refractivity contribution in [3.8, 4) is 5.75 Å². The number of nitrogens with one attached hydrogen (secondary N) is 2. The van der Waals surface area contributed by atoms with E-state index in [1.807, 2.05) is 36.5 Å². The molecule has 2 aromatic rings. The van der Waals surface area contributed by atoms with Gasteiger partial charge in [-0.1, -0.05) is 18.2 Å². The van der Waals surface area contributed by atoms with Gasteiger partial charge in [-0.05, 0) is 37.7 Å². The average Bonchev–Trinajstić information content (AvgIpc) is 2.77. The number of halogens is 1. The molecule has 7 nitrogen and oxygen atoms in total. The topological polar surface area (TPSA) is 65.0 Å². The molecule has 2 N–H and O–H groups in total. The number of rotatable bonds is 7. The Morgan fingerprint density at radius 3 is 2.50 bits per heavy atom. The van der Waals surface area contributed by atoms with E-state index in [2.05, 4.69) is 45.5 Å². The second-order valence-corrected chi connectivity index (χ2v) is 7.17. The van der Waals surface area contributed by atoms with Gasteiger partial charge in [0.1, 0.15) is 11.6 Å². The minimum Gasteiger partial charge on any atom is -0.497 e. The molecule has 0 atom stereocenters. The summed E-state index contributed by atoms with van der Waals surface area (Å²) in [7, 11) is 3.84. The number of nitrogens with zero attached hydrogens (tertiary/aromatic N) is 4. The first-order chi connectivity index (χ1) is 14.2. The number of anilines is 1. The fraction of sp³-hybridized carbons (Fsp3) is 0.455. The van der Waals surface area contributed by atoms with Gasteiger partial charge in [-0.3, -0.25) is 0 Å². The molecule has 1 aliphatic rings. The number of hydrogen-bond acceptors (Lipinski definition) is 5. The summed E-state index contributed by atoms with van der Waals surface area (Å²) >= 11 is 0. The van der Waals surface area contributed by atoms with E-state index in [0.29, 0.717) is 13.1 Å². The molecule has 0 aliphatic carbocycles. The minimum atomic E-state index is 0. The Kier molecular flexibility index (Phi) is 10.2. The van der Waals surface area contributed by atoms with Crippen molar-refractivity contribution < 1.29 is 4.74 Å². The molecule has 1 saturated heterocycles. The summed E-state index contributed by atoms with van der Waals surface area (Å²) in [4.78, 5) is 14.1. The molecule has 1 aromatic heterocycles. The highest BCUT2D eigenvalue weighted by atomic mass is 127. The summed E-state index contributed by atoms with van der Waals surface area (Å²) < 4.78 is 5.21. The van der Waals surface area contributed by atoms with E-state index in [1.54, 1.807) is 7.11 Å². The molecule has 0 radical (unpaired) electrons. The largest absolute Gasteiger partial charge is 0.497 e. The van der Waals surface area contributed by atoms with Gasteiger partial charge in [0.05, 0.1) is 13.7 Å². The maximum atomic E-state index is 5.21. The Balaban J connectivity index is 0.00000320. The van der Waals surface area contributed by atoms with Crippen LogP contribution >= 0.6 is 24.0 Å². The van der Waals surface area contributed by atoms with Crippen molar-refractivity contribution in [1.82, 2.24) is 20.5 Å². The molecule has 0 saturated carbocycles. The third-order valence-electron chi connectivity index (χ3n) is 5.04. The lowest BCUT2D eigenvalue weighted by atomic mass is 10.2. The number of guanidine groups is 1. The van der Waals surface area contributed by atoms with Crippen LogP contribution in [0.1, 0.15) is 18.1 Å². The van der Waals surface area contributed by atoms with Gasteiger partial charge in [0.2, 0.25) is 0 Å². The maximum absolute atomic E-state index is 5.21. The third kappa shape index (κ3) is 7.02. The fourth-order valence-electron chi connectivity index (χ4n) is 3.29. The van der Waals surface area contributed by atoms with Crippen molar-refractivity contribution in [2.75, 3.05) is 51.8 Å². The van der Waals surface area contributed by atoms with Crippen molar-refractivity contribution in [3.63, 3.8) is 0 Å². The van der Waals surface area contributed by atoms with Gasteiger partial charge in [-0.25, -0.2) is 9.98 Å². The number of piperazine rings is 1. The van der Waals surface area contributed by atoms with Crippen molar-refractivity contribution in [2.45, 2.75) is 20.0 Å². The highest BCUT2D eigenvalue weighted by Gasteiger charge is 2.17. The zero-order valence-corrected chi connectivity index (χ0v) is 20.4.